The average molecular weight is 244 g/mol. The van der Waals surface area contributed by atoms with E-state index >= 15 is 0 Å². The Bertz CT molecular complexity index is 551. The summed E-state index contributed by atoms with van der Waals surface area (Å²) >= 11 is 5.90. The van der Waals surface area contributed by atoms with Gasteiger partial charge in [-0.3, -0.25) is 0 Å². The molecule has 2 rings (SSSR count). The monoisotopic (exact) mass is 243 g/mol. The lowest BCUT2D eigenvalue weighted by Crippen LogP contribution is -1.96. The second-order valence-electron chi connectivity index (χ2n) is 3.29. The third kappa shape index (κ3) is 1.63. The number of aromatic nitrogens is 2. The number of benzene rings is 1. The fourth-order valence-electron chi connectivity index (χ4n) is 1.35. The van der Waals surface area contributed by atoms with Gasteiger partial charge >= 0.3 is 0 Å². The predicted molar refractivity (Wildman–Crippen MR) is 58.0 cm³/mol. The Hall–Kier alpha value is -1.62. The predicted octanol–water partition coefficient (Wildman–Crippen LogP) is 2.60. The smallest absolute Gasteiger partial charge is 0.201 e. The lowest BCUT2D eigenvalue weighted by Gasteiger charge is -2.00. The largest absolute Gasteiger partial charge is 0.369 e. The standard InChI is InChI=1S/C10H8ClF2N3/c1-16-9(11)8(15-10(16)14)6-4-5(12)2-3-7(6)13/h2-4H,1H3,(H2,14,15). The van der Waals surface area contributed by atoms with Crippen molar-refractivity contribution in [3.63, 3.8) is 0 Å². The van der Waals surface area contributed by atoms with Crippen molar-refractivity contribution < 1.29 is 8.78 Å². The van der Waals surface area contributed by atoms with Crippen LogP contribution in [-0.2, 0) is 7.05 Å². The van der Waals surface area contributed by atoms with E-state index < -0.39 is 11.6 Å². The van der Waals surface area contributed by atoms with E-state index in [1.54, 1.807) is 7.05 Å². The summed E-state index contributed by atoms with van der Waals surface area (Å²) in [6, 6.07) is 3.08. The van der Waals surface area contributed by atoms with Gasteiger partial charge in [0.05, 0.1) is 0 Å². The molecule has 1 aromatic carbocycles. The third-order valence-corrected chi connectivity index (χ3v) is 2.68. The molecule has 2 N–H and O–H groups in total. The molecule has 2 aromatic rings. The SMILES string of the molecule is Cn1c(N)nc(-c2cc(F)ccc2F)c1Cl. The minimum absolute atomic E-state index is 0.00250. The van der Waals surface area contributed by atoms with Crippen molar-refractivity contribution in [1.82, 2.24) is 9.55 Å². The van der Waals surface area contributed by atoms with Crippen LogP contribution >= 0.6 is 11.6 Å². The van der Waals surface area contributed by atoms with Crippen LogP contribution in [0, 0.1) is 11.6 Å². The van der Waals surface area contributed by atoms with Crippen LogP contribution in [0.3, 0.4) is 0 Å². The summed E-state index contributed by atoms with van der Waals surface area (Å²) in [7, 11) is 1.59. The first kappa shape index (κ1) is 10.9. The molecule has 0 spiro atoms. The molecule has 0 aliphatic carbocycles. The number of hydrogen-bond acceptors (Lipinski definition) is 2. The molecule has 0 saturated heterocycles. The summed E-state index contributed by atoms with van der Waals surface area (Å²) in [6.45, 7) is 0. The fourth-order valence-corrected chi connectivity index (χ4v) is 1.58. The Kier molecular flexibility index (Phi) is 2.55. The van der Waals surface area contributed by atoms with E-state index in [2.05, 4.69) is 4.98 Å². The van der Waals surface area contributed by atoms with Crippen LogP contribution in [0.1, 0.15) is 0 Å². The maximum Gasteiger partial charge on any atom is 0.201 e. The molecule has 0 fully saturated rings. The van der Waals surface area contributed by atoms with Crippen molar-refractivity contribution in [2.75, 3.05) is 5.73 Å². The molecular weight excluding hydrogens is 236 g/mol. The van der Waals surface area contributed by atoms with Gasteiger partial charge in [-0.25, -0.2) is 13.8 Å². The molecule has 0 radical (unpaired) electrons. The van der Waals surface area contributed by atoms with Gasteiger partial charge in [0, 0.05) is 12.6 Å². The van der Waals surface area contributed by atoms with E-state index in [4.69, 9.17) is 17.3 Å². The second-order valence-corrected chi connectivity index (χ2v) is 3.65. The van der Waals surface area contributed by atoms with Gasteiger partial charge in [0.15, 0.2) is 0 Å². The lowest BCUT2D eigenvalue weighted by atomic mass is 10.1. The number of nitrogens with zero attached hydrogens (tertiary/aromatic N) is 2. The Morgan fingerprint density at radius 3 is 2.62 bits per heavy atom. The van der Waals surface area contributed by atoms with Gasteiger partial charge < -0.3 is 10.3 Å². The Balaban J connectivity index is 2.67. The van der Waals surface area contributed by atoms with Gasteiger partial charge in [0.1, 0.15) is 22.5 Å². The zero-order chi connectivity index (χ0) is 11.9. The van der Waals surface area contributed by atoms with Gasteiger partial charge in [-0.05, 0) is 18.2 Å². The fraction of sp³-hybridized carbons (Fsp3) is 0.100. The number of imidazole rings is 1. The minimum atomic E-state index is -0.596. The summed E-state index contributed by atoms with van der Waals surface area (Å²) in [5, 5.41) is 0.169. The summed E-state index contributed by atoms with van der Waals surface area (Å²) in [5.41, 5.74) is 5.65. The van der Waals surface area contributed by atoms with Crippen molar-refractivity contribution in [3.8, 4) is 11.3 Å². The highest BCUT2D eigenvalue weighted by Gasteiger charge is 2.16. The quantitative estimate of drug-likeness (QED) is 0.837. The highest BCUT2D eigenvalue weighted by Crippen LogP contribution is 2.30. The number of anilines is 1. The van der Waals surface area contributed by atoms with Crippen LogP contribution in [0.2, 0.25) is 5.15 Å². The summed E-state index contributed by atoms with van der Waals surface area (Å²) < 4.78 is 27.8. The van der Waals surface area contributed by atoms with E-state index in [1.807, 2.05) is 0 Å². The van der Waals surface area contributed by atoms with E-state index in [0.717, 1.165) is 18.2 Å². The van der Waals surface area contributed by atoms with Crippen LogP contribution < -0.4 is 5.73 Å². The molecule has 6 heteroatoms. The second kappa shape index (κ2) is 3.75. The van der Waals surface area contributed by atoms with Gasteiger partial charge in [-0.1, -0.05) is 11.6 Å². The van der Waals surface area contributed by atoms with Crippen LogP contribution in [0.5, 0.6) is 0 Å². The molecule has 0 aliphatic heterocycles. The van der Waals surface area contributed by atoms with Gasteiger partial charge in [-0.15, -0.1) is 0 Å². The lowest BCUT2D eigenvalue weighted by molar-refractivity contribution is 0.603. The molecule has 1 heterocycles. The number of halogens is 3. The maximum absolute atomic E-state index is 13.5. The molecule has 16 heavy (non-hydrogen) atoms. The normalized spacial score (nSPS) is 10.8. The Morgan fingerprint density at radius 2 is 2.06 bits per heavy atom. The van der Waals surface area contributed by atoms with E-state index in [0.29, 0.717) is 0 Å². The molecule has 0 atom stereocenters. The van der Waals surface area contributed by atoms with Gasteiger partial charge in [0.25, 0.3) is 0 Å². The van der Waals surface area contributed by atoms with Crippen molar-refractivity contribution in [1.29, 1.82) is 0 Å². The molecule has 1 aromatic heterocycles. The van der Waals surface area contributed by atoms with Crippen molar-refractivity contribution >= 4 is 17.5 Å². The van der Waals surface area contributed by atoms with E-state index in [1.165, 1.54) is 4.57 Å². The Labute approximate surface area is 95.5 Å². The molecule has 0 amide bonds. The maximum atomic E-state index is 13.5. The zero-order valence-electron chi connectivity index (χ0n) is 8.34. The Morgan fingerprint density at radius 1 is 1.38 bits per heavy atom. The van der Waals surface area contributed by atoms with Crippen LogP contribution in [0.25, 0.3) is 11.3 Å². The van der Waals surface area contributed by atoms with E-state index in [-0.39, 0.29) is 22.4 Å². The summed E-state index contributed by atoms with van der Waals surface area (Å²) in [4.78, 5) is 3.88. The third-order valence-electron chi connectivity index (χ3n) is 2.24. The molecular formula is C10H8ClF2N3. The highest BCUT2D eigenvalue weighted by molar-refractivity contribution is 6.32. The van der Waals surface area contributed by atoms with Crippen LogP contribution in [-0.4, -0.2) is 9.55 Å². The van der Waals surface area contributed by atoms with Gasteiger partial charge in [-0.2, -0.15) is 0 Å². The van der Waals surface area contributed by atoms with Crippen LogP contribution in [0.15, 0.2) is 18.2 Å². The first-order valence-corrected chi connectivity index (χ1v) is 4.81. The van der Waals surface area contributed by atoms with Crippen LogP contribution in [0.4, 0.5) is 14.7 Å². The van der Waals surface area contributed by atoms with Crippen molar-refractivity contribution in [3.05, 3.63) is 35.0 Å². The molecule has 0 aliphatic rings. The van der Waals surface area contributed by atoms with E-state index in [9.17, 15) is 8.78 Å². The molecule has 0 unspecified atom stereocenters. The average Bonchev–Trinajstić information content (AvgIpc) is 2.50. The topological polar surface area (TPSA) is 43.8 Å². The first-order valence-electron chi connectivity index (χ1n) is 4.44. The number of hydrogen-bond donors (Lipinski definition) is 1. The zero-order valence-corrected chi connectivity index (χ0v) is 9.09. The molecule has 84 valence electrons. The highest BCUT2D eigenvalue weighted by atomic mass is 35.5. The number of nitrogen functional groups attached to an aromatic ring is 1. The number of nitrogens with two attached hydrogens (primary N) is 1. The van der Waals surface area contributed by atoms with Crippen molar-refractivity contribution in [2.24, 2.45) is 7.05 Å². The molecule has 0 saturated carbocycles. The first-order chi connectivity index (χ1) is 7.50. The minimum Gasteiger partial charge on any atom is -0.369 e. The summed E-state index contributed by atoms with van der Waals surface area (Å²) in [6.07, 6.45) is 0. The number of rotatable bonds is 1. The van der Waals surface area contributed by atoms with Crippen molar-refractivity contribution in [2.45, 2.75) is 0 Å². The summed E-state index contributed by atoms with van der Waals surface area (Å²) in [5.74, 6) is -1.01. The van der Waals surface area contributed by atoms with Gasteiger partial charge in [0.2, 0.25) is 5.95 Å². The molecule has 3 nitrogen and oxygen atoms in total. The molecule has 0 bridgehead atoms.